The molecule has 0 aliphatic rings. The number of anilines is 1. The first-order chi connectivity index (χ1) is 10.1. The number of rotatable bonds is 7. The molecule has 0 aliphatic heterocycles. The second-order valence-corrected chi connectivity index (χ2v) is 7.49. The summed E-state index contributed by atoms with van der Waals surface area (Å²) in [7, 11) is -3.35. The number of nitrogens with two attached hydrogens (primary N) is 1. The van der Waals surface area contributed by atoms with Gasteiger partial charge in [0.15, 0.2) is 0 Å². The molecule has 6 heteroatoms. The van der Waals surface area contributed by atoms with Crippen LogP contribution in [-0.4, -0.2) is 20.7 Å². The monoisotopic (exact) mass is 322 g/mol. The molecule has 2 aromatic carbocycles. The van der Waals surface area contributed by atoms with Crippen LogP contribution in [0.4, 0.5) is 5.69 Å². The van der Waals surface area contributed by atoms with Crippen LogP contribution in [0, 0.1) is 0 Å². The molecule has 0 unspecified atom stereocenters. The van der Waals surface area contributed by atoms with E-state index < -0.39 is 10.0 Å². The van der Waals surface area contributed by atoms with Crippen LogP contribution < -0.4 is 10.5 Å². The Morgan fingerprint density at radius 3 is 2.38 bits per heavy atom. The van der Waals surface area contributed by atoms with Gasteiger partial charge in [0.1, 0.15) is 0 Å². The zero-order valence-electron chi connectivity index (χ0n) is 11.5. The van der Waals surface area contributed by atoms with Crippen LogP contribution in [0.25, 0.3) is 0 Å². The Morgan fingerprint density at radius 1 is 1.00 bits per heavy atom. The topological polar surface area (TPSA) is 72.2 Å². The fourth-order valence-electron chi connectivity index (χ4n) is 1.80. The van der Waals surface area contributed by atoms with Gasteiger partial charge in [0.2, 0.25) is 10.0 Å². The third-order valence-electron chi connectivity index (χ3n) is 2.84. The Hall–Kier alpha value is -1.50. The van der Waals surface area contributed by atoms with Gasteiger partial charge in [0, 0.05) is 22.9 Å². The lowest BCUT2D eigenvalue weighted by atomic mass is 10.2. The standard InChI is InChI=1S/C15H18N2O2S2/c16-15-9-5-4-6-13(15)12-21(18,19)17-10-11-20-14-7-2-1-3-8-14/h1-9,17H,10-12,16H2. The van der Waals surface area contributed by atoms with E-state index in [4.69, 9.17) is 5.73 Å². The molecular weight excluding hydrogens is 304 g/mol. The number of benzene rings is 2. The zero-order valence-corrected chi connectivity index (χ0v) is 13.2. The Balaban J connectivity index is 1.81. The Morgan fingerprint density at radius 2 is 1.67 bits per heavy atom. The number of hydrogen-bond donors (Lipinski definition) is 2. The van der Waals surface area contributed by atoms with Crippen molar-refractivity contribution in [3.05, 3.63) is 60.2 Å². The van der Waals surface area contributed by atoms with E-state index in [0.29, 0.717) is 23.5 Å². The van der Waals surface area contributed by atoms with Crippen molar-refractivity contribution in [2.24, 2.45) is 0 Å². The van der Waals surface area contributed by atoms with E-state index in [2.05, 4.69) is 4.72 Å². The molecule has 0 saturated heterocycles. The molecular formula is C15H18N2O2S2. The van der Waals surface area contributed by atoms with Crippen molar-refractivity contribution < 1.29 is 8.42 Å². The van der Waals surface area contributed by atoms with E-state index in [-0.39, 0.29) is 5.75 Å². The maximum Gasteiger partial charge on any atom is 0.215 e. The van der Waals surface area contributed by atoms with E-state index >= 15 is 0 Å². The Bertz CT molecular complexity index is 673. The van der Waals surface area contributed by atoms with Crippen molar-refractivity contribution in [1.82, 2.24) is 4.72 Å². The first-order valence-corrected chi connectivity index (χ1v) is 9.19. The van der Waals surface area contributed by atoms with E-state index in [9.17, 15) is 8.42 Å². The summed E-state index contributed by atoms with van der Waals surface area (Å²) >= 11 is 1.62. The lowest BCUT2D eigenvalue weighted by molar-refractivity contribution is 0.583. The van der Waals surface area contributed by atoms with Gasteiger partial charge in [-0.2, -0.15) is 0 Å². The maximum atomic E-state index is 12.0. The molecule has 0 aromatic heterocycles. The van der Waals surface area contributed by atoms with E-state index in [0.717, 1.165) is 4.90 Å². The number of thioether (sulfide) groups is 1. The lowest BCUT2D eigenvalue weighted by Gasteiger charge is -2.08. The van der Waals surface area contributed by atoms with Crippen LogP contribution in [0.15, 0.2) is 59.5 Å². The van der Waals surface area contributed by atoms with E-state index in [1.807, 2.05) is 30.3 Å². The second kappa shape index (κ2) is 7.49. The van der Waals surface area contributed by atoms with Gasteiger partial charge in [0.05, 0.1) is 5.75 Å². The van der Waals surface area contributed by atoms with Crippen molar-refractivity contribution in [3.63, 3.8) is 0 Å². The fourth-order valence-corrected chi connectivity index (χ4v) is 3.91. The fraction of sp³-hybridized carbons (Fsp3) is 0.200. The van der Waals surface area contributed by atoms with Crippen LogP contribution in [0.3, 0.4) is 0 Å². The number of nitrogen functional groups attached to an aromatic ring is 1. The molecule has 0 atom stereocenters. The van der Waals surface area contributed by atoms with Gasteiger partial charge >= 0.3 is 0 Å². The zero-order chi connectivity index (χ0) is 15.1. The van der Waals surface area contributed by atoms with Crippen molar-refractivity contribution in [2.45, 2.75) is 10.6 Å². The summed E-state index contributed by atoms with van der Waals surface area (Å²) in [6, 6.07) is 16.9. The summed E-state index contributed by atoms with van der Waals surface area (Å²) in [5.74, 6) is 0.600. The summed E-state index contributed by atoms with van der Waals surface area (Å²) in [6.45, 7) is 0.397. The summed E-state index contributed by atoms with van der Waals surface area (Å²) in [4.78, 5) is 1.13. The molecule has 0 saturated carbocycles. The summed E-state index contributed by atoms with van der Waals surface area (Å²) in [5, 5.41) is 0. The minimum atomic E-state index is -3.35. The lowest BCUT2D eigenvalue weighted by Crippen LogP contribution is -2.27. The molecule has 2 aromatic rings. The molecule has 0 radical (unpaired) electrons. The molecule has 112 valence electrons. The van der Waals surface area contributed by atoms with Crippen molar-refractivity contribution in [1.29, 1.82) is 0 Å². The van der Waals surface area contributed by atoms with Gasteiger partial charge in [-0.15, -0.1) is 11.8 Å². The molecule has 0 amide bonds. The van der Waals surface area contributed by atoms with Crippen molar-refractivity contribution >= 4 is 27.5 Å². The first kappa shape index (κ1) is 15.9. The second-order valence-electron chi connectivity index (χ2n) is 4.51. The largest absolute Gasteiger partial charge is 0.398 e. The first-order valence-electron chi connectivity index (χ1n) is 6.55. The minimum absolute atomic E-state index is 0.0876. The summed E-state index contributed by atoms with van der Waals surface area (Å²) < 4.78 is 26.6. The van der Waals surface area contributed by atoms with Gasteiger partial charge in [-0.25, -0.2) is 13.1 Å². The Kier molecular flexibility index (Phi) is 5.67. The minimum Gasteiger partial charge on any atom is -0.398 e. The molecule has 0 aliphatic carbocycles. The van der Waals surface area contributed by atoms with E-state index in [1.165, 1.54) is 0 Å². The van der Waals surface area contributed by atoms with Crippen molar-refractivity contribution in [3.8, 4) is 0 Å². The average molecular weight is 322 g/mol. The summed E-state index contributed by atoms with van der Waals surface area (Å²) in [6.07, 6.45) is 0. The van der Waals surface area contributed by atoms with E-state index in [1.54, 1.807) is 36.0 Å². The highest BCUT2D eigenvalue weighted by atomic mass is 32.2. The molecule has 0 fully saturated rings. The summed E-state index contributed by atoms with van der Waals surface area (Å²) in [5.41, 5.74) is 6.89. The van der Waals surface area contributed by atoms with Gasteiger partial charge in [-0.05, 0) is 23.8 Å². The van der Waals surface area contributed by atoms with Gasteiger partial charge < -0.3 is 5.73 Å². The number of sulfonamides is 1. The highest BCUT2D eigenvalue weighted by molar-refractivity contribution is 7.99. The normalized spacial score (nSPS) is 11.4. The molecule has 0 bridgehead atoms. The predicted molar refractivity (Wildman–Crippen MR) is 88.6 cm³/mol. The van der Waals surface area contributed by atoms with Gasteiger partial charge in [-0.1, -0.05) is 36.4 Å². The number of hydrogen-bond acceptors (Lipinski definition) is 4. The predicted octanol–water partition coefficient (Wildman–Crippen LogP) is 2.48. The van der Waals surface area contributed by atoms with Crippen LogP contribution in [0.5, 0.6) is 0 Å². The quantitative estimate of drug-likeness (QED) is 0.467. The van der Waals surface area contributed by atoms with Crippen LogP contribution in [0.2, 0.25) is 0 Å². The van der Waals surface area contributed by atoms with Crippen molar-refractivity contribution in [2.75, 3.05) is 18.0 Å². The van der Waals surface area contributed by atoms with Crippen LogP contribution in [-0.2, 0) is 15.8 Å². The molecule has 4 nitrogen and oxygen atoms in total. The SMILES string of the molecule is Nc1ccccc1CS(=O)(=O)NCCSc1ccccc1. The van der Waals surface area contributed by atoms with Crippen LogP contribution in [0.1, 0.15) is 5.56 Å². The number of para-hydroxylation sites is 1. The third kappa shape index (κ3) is 5.41. The molecule has 21 heavy (non-hydrogen) atoms. The maximum absolute atomic E-state index is 12.0. The number of nitrogens with one attached hydrogen (secondary N) is 1. The Labute approximate surface area is 129 Å². The molecule has 0 heterocycles. The van der Waals surface area contributed by atoms with Gasteiger partial charge in [0.25, 0.3) is 0 Å². The average Bonchev–Trinajstić information content (AvgIpc) is 2.47. The highest BCUT2D eigenvalue weighted by Gasteiger charge is 2.12. The molecule has 0 spiro atoms. The molecule has 3 N–H and O–H groups in total. The molecule has 2 rings (SSSR count). The third-order valence-corrected chi connectivity index (χ3v) is 5.19. The highest BCUT2D eigenvalue weighted by Crippen LogP contribution is 2.16. The smallest absolute Gasteiger partial charge is 0.215 e. The van der Waals surface area contributed by atoms with Gasteiger partial charge in [-0.3, -0.25) is 0 Å². The van der Waals surface area contributed by atoms with Crippen LogP contribution >= 0.6 is 11.8 Å².